The molecular weight excluding hydrogens is 298 g/mol. The maximum absolute atomic E-state index is 12.4. The van der Waals surface area contributed by atoms with Gasteiger partial charge in [-0.3, -0.25) is 4.79 Å². The molecule has 1 N–H and O–H groups in total. The van der Waals surface area contributed by atoms with E-state index in [1.54, 1.807) is 0 Å². The minimum Gasteiger partial charge on any atom is -0.469 e. The van der Waals surface area contributed by atoms with Crippen molar-refractivity contribution in [3.8, 4) is 0 Å². The molecule has 0 radical (unpaired) electrons. The maximum atomic E-state index is 12.4. The molecule has 0 saturated carbocycles. The van der Waals surface area contributed by atoms with Crippen LogP contribution in [0.2, 0.25) is 0 Å². The van der Waals surface area contributed by atoms with E-state index in [2.05, 4.69) is 36.5 Å². The van der Waals surface area contributed by atoms with Gasteiger partial charge in [0.1, 0.15) is 0 Å². The van der Waals surface area contributed by atoms with Crippen LogP contribution in [0.15, 0.2) is 60.7 Å². The SMILES string of the molecule is CCCC[C@@H](C(=O)OC)[C@@H](NCc1ccccc1)c1ccccc1. The Bertz CT molecular complexity index is 598. The van der Waals surface area contributed by atoms with Crippen molar-refractivity contribution in [2.45, 2.75) is 38.8 Å². The fourth-order valence-corrected chi connectivity index (χ4v) is 2.97. The van der Waals surface area contributed by atoms with Gasteiger partial charge in [0.25, 0.3) is 0 Å². The molecule has 0 aliphatic carbocycles. The van der Waals surface area contributed by atoms with Crippen molar-refractivity contribution in [1.82, 2.24) is 5.32 Å². The Labute approximate surface area is 145 Å². The van der Waals surface area contributed by atoms with E-state index in [1.807, 2.05) is 36.4 Å². The fourth-order valence-electron chi connectivity index (χ4n) is 2.97. The van der Waals surface area contributed by atoms with Gasteiger partial charge in [0, 0.05) is 12.6 Å². The number of methoxy groups -OCH3 is 1. The Kier molecular flexibility index (Phi) is 7.50. The van der Waals surface area contributed by atoms with Crippen LogP contribution >= 0.6 is 0 Å². The highest BCUT2D eigenvalue weighted by molar-refractivity contribution is 5.73. The lowest BCUT2D eigenvalue weighted by atomic mass is 9.88. The third kappa shape index (κ3) is 5.20. The molecule has 0 aromatic heterocycles. The van der Waals surface area contributed by atoms with Gasteiger partial charge in [-0.25, -0.2) is 0 Å². The number of nitrogens with one attached hydrogen (secondary N) is 1. The molecule has 0 unspecified atom stereocenters. The molecule has 2 aromatic carbocycles. The van der Waals surface area contributed by atoms with E-state index < -0.39 is 0 Å². The van der Waals surface area contributed by atoms with Gasteiger partial charge in [-0.15, -0.1) is 0 Å². The van der Waals surface area contributed by atoms with Crippen LogP contribution < -0.4 is 5.32 Å². The zero-order chi connectivity index (χ0) is 17.2. The van der Waals surface area contributed by atoms with Gasteiger partial charge >= 0.3 is 5.97 Å². The highest BCUT2D eigenvalue weighted by atomic mass is 16.5. The van der Waals surface area contributed by atoms with Crippen molar-refractivity contribution in [2.24, 2.45) is 5.92 Å². The van der Waals surface area contributed by atoms with Crippen molar-refractivity contribution in [3.63, 3.8) is 0 Å². The highest BCUT2D eigenvalue weighted by Gasteiger charge is 2.29. The van der Waals surface area contributed by atoms with Crippen LogP contribution in [0.1, 0.15) is 43.4 Å². The van der Waals surface area contributed by atoms with Crippen LogP contribution in [0.4, 0.5) is 0 Å². The largest absolute Gasteiger partial charge is 0.469 e. The Balaban J connectivity index is 2.21. The molecule has 2 rings (SSSR count). The Morgan fingerprint density at radius 2 is 1.67 bits per heavy atom. The van der Waals surface area contributed by atoms with Crippen LogP contribution in [0.5, 0.6) is 0 Å². The first kappa shape index (κ1) is 18.2. The fraction of sp³-hybridized carbons (Fsp3) is 0.381. The van der Waals surface area contributed by atoms with E-state index in [1.165, 1.54) is 12.7 Å². The molecule has 0 fully saturated rings. The quantitative estimate of drug-likeness (QED) is 0.690. The molecule has 24 heavy (non-hydrogen) atoms. The number of carbonyl (C=O) groups excluding carboxylic acids is 1. The smallest absolute Gasteiger partial charge is 0.310 e. The summed E-state index contributed by atoms with van der Waals surface area (Å²) in [5.41, 5.74) is 2.33. The average molecular weight is 325 g/mol. The van der Waals surface area contributed by atoms with Crippen LogP contribution in [0.3, 0.4) is 0 Å². The normalized spacial score (nSPS) is 13.2. The molecule has 0 aliphatic heterocycles. The third-order valence-electron chi connectivity index (χ3n) is 4.30. The van der Waals surface area contributed by atoms with Crippen molar-refractivity contribution >= 4 is 5.97 Å². The van der Waals surface area contributed by atoms with Gasteiger partial charge in [0.05, 0.1) is 13.0 Å². The van der Waals surface area contributed by atoms with Crippen LogP contribution in [-0.4, -0.2) is 13.1 Å². The predicted molar refractivity (Wildman–Crippen MR) is 97.5 cm³/mol. The van der Waals surface area contributed by atoms with Crippen molar-refractivity contribution in [3.05, 3.63) is 71.8 Å². The topological polar surface area (TPSA) is 38.3 Å². The first-order valence-electron chi connectivity index (χ1n) is 8.66. The zero-order valence-corrected chi connectivity index (χ0v) is 14.6. The summed E-state index contributed by atoms with van der Waals surface area (Å²) in [7, 11) is 1.47. The van der Waals surface area contributed by atoms with E-state index in [9.17, 15) is 4.79 Å². The van der Waals surface area contributed by atoms with Gasteiger partial charge < -0.3 is 10.1 Å². The molecule has 128 valence electrons. The number of unbranched alkanes of at least 4 members (excludes halogenated alkanes) is 1. The number of hydrogen-bond donors (Lipinski definition) is 1. The number of hydrogen-bond acceptors (Lipinski definition) is 3. The molecule has 0 saturated heterocycles. The second kappa shape index (κ2) is 9.89. The van der Waals surface area contributed by atoms with E-state index in [-0.39, 0.29) is 17.9 Å². The van der Waals surface area contributed by atoms with E-state index in [4.69, 9.17) is 4.74 Å². The Hall–Kier alpha value is -2.13. The van der Waals surface area contributed by atoms with Crippen molar-refractivity contribution in [1.29, 1.82) is 0 Å². The van der Waals surface area contributed by atoms with E-state index in [0.717, 1.165) is 31.4 Å². The number of benzene rings is 2. The van der Waals surface area contributed by atoms with Crippen molar-refractivity contribution < 1.29 is 9.53 Å². The molecule has 0 amide bonds. The van der Waals surface area contributed by atoms with Gasteiger partial charge in [0.15, 0.2) is 0 Å². The Morgan fingerprint density at radius 1 is 1.04 bits per heavy atom. The molecular formula is C21H27NO2. The Morgan fingerprint density at radius 3 is 2.25 bits per heavy atom. The van der Waals surface area contributed by atoms with Crippen LogP contribution in [-0.2, 0) is 16.1 Å². The summed E-state index contributed by atoms with van der Waals surface area (Å²) in [4.78, 5) is 12.4. The molecule has 0 bridgehead atoms. The summed E-state index contributed by atoms with van der Waals surface area (Å²) in [6.45, 7) is 2.86. The second-order valence-corrected chi connectivity index (χ2v) is 6.03. The summed E-state index contributed by atoms with van der Waals surface area (Å²) in [6, 6.07) is 20.4. The van der Waals surface area contributed by atoms with E-state index in [0.29, 0.717) is 0 Å². The lowest BCUT2D eigenvalue weighted by molar-refractivity contribution is -0.147. The molecule has 3 heteroatoms. The van der Waals surface area contributed by atoms with Gasteiger partial charge in [0.2, 0.25) is 0 Å². The van der Waals surface area contributed by atoms with Crippen LogP contribution in [0, 0.1) is 5.92 Å². The summed E-state index contributed by atoms with van der Waals surface area (Å²) in [5.74, 6) is -0.320. The second-order valence-electron chi connectivity index (χ2n) is 6.03. The maximum Gasteiger partial charge on any atom is 0.310 e. The first-order valence-corrected chi connectivity index (χ1v) is 8.66. The molecule has 2 atom stereocenters. The van der Waals surface area contributed by atoms with Gasteiger partial charge in [-0.05, 0) is 17.5 Å². The third-order valence-corrected chi connectivity index (χ3v) is 4.30. The monoisotopic (exact) mass is 325 g/mol. The lowest BCUT2D eigenvalue weighted by Crippen LogP contribution is -2.33. The predicted octanol–water partition coefficient (Wildman–Crippen LogP) is 4.50. The standard InChI is InChI=1S/C21H27NO2/c1-3-4-15-19(21(23)24-2)20(18-13-9-6-10-14-18)22-16-17-11-7-5-8-12-17/h5-14,19-20,22H,3-4,15-16H2,1-2H3/t19-,20+/m1/s1. The number of ether oxygens (including phenoxy) is 1. The summed E-state index contributed by atoms with van der Waals surface area (Å²) in [6.07, 6.45) is 2.90. The number of esters is 1. The number of carbonyl (C=O) groups is 1. The van der Waals surface area contributed by atoms with Gasteiger partial charge in [-0.1, -0.05) is 80.4 Å². The molecule has 0 spiro atoms. The minimum atomic E-state index is -0.180. The average Bonchev–Trinajstić information content (AvgIpc) is 2.65. The summed E-state index contributed by atoms with van der Waals surface area (Å²) >= 11 is 0. The van der Waals surface area contributed by atoms with Crippen molar-refractivity contribution in [2.75, 3.05) is 7.11 Å². The number of rotatable bonds is 9. The molecule has 0 aliphatic rings. The highest BCUT2D eigenvalue weighted by Crippen LogP contribution is 2.28. The first-order chi connectivity index (χ1) is 11.8. The molecule has 2 aromatic rings. The molecule has 3 nitrogen and oxygen atoms in total. The van der Waals surface area contributed by atoms with E-state index >= 15 is 0 Å². The summed E-state index contributed by atoms with van der Waals surface area (Å²) < 4.78 is 5.08. The molecule has 0 heterocycles. The minimum absolute atomic E-state index is 0.0505. The summed E-state index contributed by atoms with van der Waals surface area (Å²) in [5, 5.41) is 3.58. The van der Waals surface area contributed by atoms with Gasteiger partial charge in [-0.2, -0.15) is 0 Å². The van der Waals surface area contributed by atoms with Crippen LogP contribution in [0.25, 0.3) is 0 Å². The zero-order valence-electron chi connectivity index (χ0n) is 14.6. The lowest BCUT2D eigenvalue weighted by Gasteiger charge is -2.27.